The van der Waals surface area contributed by atoms with Crippen LogP contribution >= 0.6 is 0 Å². The van der Waals surface area contributed by atoms with E-state index in [1.807, 2.05) is 24.3 Å². The Morgan fingerprint density at radius 1 is 0.267 bits per heavy atom. The Labute approximate surface area is 346 Å². The van der Waals surface area contributed by atoms with Crippen LogP contribution in [0.2, 0.25) is 0 Å². The normalized spacial score (nSPS) is 11.7. The number of hydrogen-bond acceptors (Lipinski definition) is 4. The van der Waals surface area contributed by atoms with Gasteiger partial charge >= 0.3 is 0 Å². The highest BCUT2D eigenvalue weighted by Crippen LogP contribution is 2.47. The quantitative estimate of drug-likeness (QED) is 0.162. The van der Waals surface area contributed by atoms with Crippen molar-refractivity contribution in [2.45, 2.75) is 0 Å². The van der Waals surface area contributed by atoms with Crippen LogP contribution < -0.4 is 9.80 Å². The first kappa shape index (κ1) is 34.0. The van der Waals surface area contributed by atoms with E-state index in [9.17, 15) is 0 Å². The Bertz CT molecular complexity index is 3590. The molecule has 4 nitrogen and oxygen atoms in total. The fourth-order valence-electron chi connectivity index (χ4n) is 9.07. The number of rotatable bonds is 7. The molecule has 282 valence electrons. The summed E-state index contributed by atoms with van der Waals surface area (Å²) in [6, 6.07) is 77.6. The Morgan fingerprint density at radius 2 is 0.700 bits per heavy atom. The van der Waals surface area contributed by atoms with Crippen LogP contribution in [0.25, 0.3) is 76.5 Å². The Balaban J connectivity index is 1.06. The van der Waals surface area contributed by atoms with Gasteiger partial charge in [-0.15, -0.1) is 0 Å². The summed E-state index contributed by atoms with van der Waals surface area (Å²) in [6.45, 7) is 0. The van der Waals surface area contributed by atoms with E-state index in [1.165, 1.54) is 16.2 Å². The predicted molar refractivity (Wildman–Crippen MR) is 251 cm³/mol. The van der Waals surface area contributed by atoms with Gasteiger partial charge < -0.3 is 18.6 Å². The number of anilines is 6. The summed E-state index contributed by atoms with van der Waals surface area (Å²) in [7, 11) is 0. The average Bonchev–Trinajstić information content (AvgIpc) is 3.87. The van der Waals surface area contributed by atoms with Gasteiger partial charge in [0.2, 0.25) is 0 Å². The van der Waals surface area contributed by atoms with Crippen molar-refractivity contribution in [1.82, 2.24) is 0 Å². The van der Waals surface area contributed by atoms with E-state index < -0.39 is 0 Å². The Morgan fingerprint density at radius 3 is 1.33 bits per heavy atom. The second kappa shape index (κ2) is 13.8. The monoisotopic (exact) mass is 768 g/mol. The smallest absolute Gasteiger partial charge is 0.137 e. The summed E-state index contributed by atoms with van der Waals surface area (Å²) >= 11 is 0. The lowest BCUT2D eigenvalue weighted by Crippen LogP contribution is -2.12. The second-order valence-corrected chi connectivity index (χ2v) is 15.3. The zero-order valence-corrected chi connectivity index (χ0v) is 32.5. The van der Waals surface area contributed by atoms with Gasteiger partial charge in [0.25, 0.3) is 0 Å². The molecular formula is C56H36N2O2. The molecule has 60 heavy (non-hydrogen) atoms. The van der Waals surface area contributed by atoms with Crippen LogP contribution in [0.5, 0.6) is 0 Å². The fourth-order valence-corrected chi connectivity index (χ4v) is 9.07. The highest BCUT2D eigenvalue weighted by Gasteiger charge is 2.22. The van der Waals surface area contributed by atoms with E-state index in [0.717, 1.165) is 94.5 Å². The first-order chi connectivity index (χ1) is 29.7. The molecule has 0 aliphatic rings. The van der Waals surface area contributed by atoms with Crippen molar-refractivity contribution in [3.05, 3.63) is 218 Å². The van der Waals surface area contributed by atoms with E-state index in [1.54, 1.807) is 0 Å². The van der Waals surface area contributed by atoms with E-state index in [2.05, 4.69) is 204 Å². The standard InChI is InChI=1S/C56H36N2O2/c1-3-20-43-37(14-1)16-12-26-50(43)57(41-30-32-48-46-23-6-9-28-53(46)59-55(48)35-41)40-19-11-18-39(34-40)45-22-5-8-25-51(45)58(52-27-13-17-38-15-2-4-21-44(38)52)42-31-33-49-47-24-7-10-29-54(47)60-56(49)36-42/h1-36H. The third kappa shape index (κ3) is 5.53. The summed E-state index contributed by atoms with van der Waals surface area (Å²) in [5, 5.41) is 9.12. The van der Waals surface area contributed by atoms with Crippen molar-refractivity contribution in [3.8, 4) is 11.1 Å². The molecule has 0 saturated carbocycles. The predicted octanol–water partition coefficient (Wildman–Crippen LogP) is 16.4. The molecule has 2 aromatic heterocycles. The van der Waals surface area contributed by atoms with Gasteiger partial charge in [-0.1, -0.05) is 140 Å². The highest BCUT2D eigenvalue weighted by atomic mass is 16.3. The van der Waals surface area contributed by atoms with E-state index in [-0.39, 0.29) is 0 Å². The van der Waals surface area contributed by atoms with Gasteiger partial charge in [-0.2, -0.15) is 0 Å². The van der Waals surface area contributed by atoms with Crippen LogP contribution in [0.3, 0.4) is 0 Å². The van der Waals surface area contributed by atoms with E-state index in [0.29, 0.717) is 0 Å². The van der Waals surface area contributed by atoms with Gasteiger partial charge in [0.1, 0.15) is 22.3 Å². The molecule has 12 rings (SSSR count). The van der Waals surface area contributed by atoms with Crippen LogP contribution in [-0.4, -0.2) is 0 Å². The van der Waals surface area contributed by atoms with Crippen molar-refractivity contribution in [2.75, 3.05) is 9.80 Å². The second-order valence-electron chi connectivity index (χ2n) is 15.3. The maximum Gasteiger partial charge on any atom is 0.137 e. The van der Waals surface area contributed by atoms with E-state index in [4.69, 9.17) is 8.83 Å². The van der Waals surface area contributed by atoms with Crippen LogP contribution in [0.15, 0.2) is 227 Å². The third-order valence-electron chi connectivity index (χ3n) is 11.8. The van der Waals surface area contributed by atoms with Crippen molar-refractivity contribution in [2.24, 2.45) is 0 Å². The summed E-state index contributed by atoms with van der Waals surface area (Å²) in [4.78, 5) is 4.74. The fraction of sp³-hybridized carbons (Fsp3) is 0. The zero-order chi connectivity index (χ0) is 39.6. The third-order valence-corrected chi connectivity index (χ3v) is 11.8. The van der Waals surface area contributed by atoms with Crippen molar-refractivity contribution in [1.29, 1.82) is 0 Å². The minimum absolute atomic E-state index is 0.852. The lowest BCUT2D eigenvalue weighted by molar-refractivity contribution is 0.668. The lowest BCUT2D eigenvalue weighted by Gasteiger charge is -2.30. The number of nitrogens with zero attached hydrogens (tertiary/aromatic N) is 2. The van der Waals surface area contributed by atoms with Gasteiger partial charge in [-0.05, 0) is 83.1 Å². The van der Waals surface area contributed by atoms with Crippen molar-refractivity contribution < 1.29 is 8.83 Å². The lowest BCUT2D eigenvalue weighted by atomic mass is 9.99. The first-order valence-electron chi connectivity index (χ1n) is 20.3. The molecular weight excluding hydrogens is 733 g/mol. The van der Waals surface area contributed by atoms with Crippen LogP contribution in [0, 0.1) is 0 Å². The summed E-state index contributed by atoms with van der Waals surface area (Å²) < 4.78 is 12.9. The molecule has 0 amide bonds. The number of furan rings is 2. The molecule has 0 saturated heterocycles. The molecule has 2 heterocycles. The number of hydrogen-bond donors (Lipinski definition) is 0. The molecule has 0 atom stereocenters. The molecule has 10 aromatic carbocycles. The summed E-state index contributed by atoms with van der Waals surface area (Å²) in [5.74, 6) is 0. The SMILES string of the molecule is c1cc(-c2ccccc2N(c2ccc3c(c2)oc2ccccc23)c2cccc3ccccc23)cc(N(c2ccc3c(c2)oc2ccccc23)c2cccc3ccccc23)c1. The largest absolute Gasteiger partial charge is 0.456 e. The summed E-state index contributed by atoms with van der Waals surface area (Å²) in [6.07, 6.45) is 0. The van der Waals surface area contributed by atoms with Crippen LogP contribution in [0.1, 0.15) is 0 Å². The van der Waals surface area contributed by atoms with Gasteiger partial charge in [0.05, 0.1) is 17.1 Å². The zero-order valence-electron chi connectivity index (χ0n) is 32.5. The first-order valence-corrected chi connectivity index (χ1v) is 20.3. The molecule has 0 aliphatic heterocycles. The minimum atomic E-state index is 0.852. The van der Waals surface area contributed by atoms with Gasteiger partial charge in [0.15, 0.2) is 0 Å². The molecule has 0 unspecified atom stereocenters. The molecule has 0 fully saturated rings. The molecule has 0 spiro atoms. The highest BCUT2D eigenvalue weighted by molar-refractivity contribution is 6.09. The average molecular weight is 769 g/mol. The van der Waals surface area contributed by atoms with Crippen molar-refractivity contribution in [3.63, 3.8) is 0 Å². The molecule has 12 aromatic rings. The van der Waals surface area contributed by atoms with Crippen LogP contribution in [-0.2, 0) is 0 Å². The molecule has 0 bridgehead atoms. The van der Waals surface area contributed by atoms with Crippen LogP contribution in [0.4, 0.5) is 34.1 Å². The minimum Gasteiger partial charge on any atom is -0.456 e. The number of fused-ring (bicyclic) bond motifs is 8. The topological polar surface area (TPSA) is 32.8 Å². The van der Waals surface area contributed by atoms with Gasteiger partial charge in [-0.25, -0.2) is 0 Å². The summed E-state index contributed by atoms with van der Waals surface area (Å²) in [5.41, 5.74) is 12.0. The number of benzene rings is 10. The van der Waals surface area contributed by atoms with E-state index >= 15 is 0 Å². The molecule has 4 heteroatoms. The maximum absolute atomic E-state index is 6.48. The maximum atomic E-state index is 6.48. The van der Waals surface area contributed by atoms with Crippen molar-refractivity contribution >= 4 is 99.5 Å². The Kier molecular flexibility index (Phi) is 7.82. The molecule has 0 N–H and O–H groups in total. The molecule has 0 radical (unpaired) electrons. The van der Waals surface area contributed by atoms with Gasteiger partial charge in [0, 0.05) is 67.1 Å². The Hall–Kier alpha value is -8.08. The van der Waals surface area contributed by atoms with Gasteiger partial charge in [-0.3, -0.25) is 0 Å². The molecule has 0 aliphatic carbocycles. The number of para-hydroxylation sites is 3.